The van der Waals surface area contributed by atoms with Crippen molar-refractivity contribution < 1.29 is 83.5 Å². The number of carbonyl (C=O) groups excluding carboxylic acids is 7. The predicted octanol–water partition coefficient (Wildman–Crippen LogP) is 5.02. The number of carbonyl (C=O) groups is 7. The average molecular weight is 1350 g/mol. The van der Waals surface area contributed by atoms with E-state index in [1.165, 1.54) is 89.8 Å². The fourth-order valence-corrected chi connectivity index (χ4v) is 12.1. The smallest absolute Gasteiger partial charge is 0.249 e. The largest absolute Gasteiger partial charge is 0.508 e. The topological polar surface area (TPSA) is 397 Å². The standard InChI is InChI=1S/C67H66Cl2N10O17/c1-77(2)14-3-15-78-16-18-79(19-17-78)67(93)57(36-22-40(81)30-41(82)23-36)75-66(92)58-59(85)35-8-13-49(45(69)26-35)96-52-29-38-28-51(60(52)86)95-48-12-4-32(20-44(48)68)21-46-61(87)72-55(64(90)74-56(38)65(91)73-54(63(89)76-58)33-5-9-39(80)10-6-33)37-24-42(83)31-43(25-37)94-50-27-34(7-11-47(50)84)53(70)62(88)71-46/h4-13,20,22-31,46,53-59,80-86H,3,14-19,21,70H2,1-2H3,(H,71,88)(H,72,87)(H,73,91)(H,74,90)(H,75,92)(H,76,89). The summed E-state index contributed by atoms with van der Waals surface area (Å²) in [6.07, 6.45) is -1.56. The first-order valence-electron chi connectivity index (χ1n) is 30.2. The molecule has 7 aromatic rings. The maximum atomic E-state index is 15.8. The van der Waals surface area contributed by atoms with Crippen LogP contribution in [0.2, 0.25) is 10.0 Å². The van der Waals surface area contributed by atoms with E-state index in [1.54, 1.807) is 0 Å². The lowest BCUT2D eigenvalue weighted by Crippen LogP contribution is -2.57. The molecule has 6 aliphatic rings. The summed E-state index contributed by atoms with van der Waals surface area (Å²) in [4.78, 5) is 112. The molecule has 0 aliphatic carbocycles. The molecule has 0 spiro atoms. The number of benzene rings is 7. The Kier molecular flexibility index (Phi) is 19.6. The Morgan fingerprint density at radius 3 is 1.77 bits per heavy atom. The van der Waals surface area contributed by atoms with Crippen LogP contribution in [0, 0.1) is 0 Å². The first-order chi connectivity index (χ1) is 45.8. The number of aliphatic hydroxyl groups is 1. The Hall–Kier alpha value is -10.6. The quantitative estimate of drug-likeness (QED) is 0.0902. The van der Waals surface area contributed by atoms with Crippen molar-refractivity contribution in [3.05, 3.63) is 176 Å². The number of phenolic OH excluding ortho intramolecular Hbond substituents is 6. The highest BCUT2D eigenvalue weighted by Crippen LogP contribution is 2.47. The second-order valence-corrected chi connectivity index (χ2v) is 24.6. The van der Waals surface area contributed by atoms with Gasteiger partial charge in [-0.15, -0.1) is 0 Å². The van der Waals surface area contributed by atoms with Gasteiger partial charge in [-0.05, 0) is 157 Å². The third kappa shape index (κ3) is 15.0. The number of aliphatic hydroxyl groups excluding tert-OH is 1. The number of fused-ring (bicyclic) bond motifs is 15. The van der Waals surface area contributed by atoms with E-state index in [2.05, 4.69) is 41.7 Å². The number of hydrogen-bond acceptors (Lipinski definition) is 20. The zero-order valence-electron chi connectivity index (χ0n) is 51.3. The molecule has 8 unspecified atom stereocenters. The van der Waals surface area contributed by atoms with Crippen LogP contribution in [0.25, 0.3) is 0 Å². The van der Waals surface area contributed by atoms with Crippen LogP contribution < -0.4 is 51.8 Å². The van der Waals surface area contributed by atoms with Crippen LogP contribution in [-0.4, -0.2) is 157 Å². The van der Waals surface area contributed by atoms with Crippen molar-refractivity contribution >= 4 is 64.6 Å². The monoisotopic (exact) mass is 1350 g/mol. The van der Waals surface area contributed by atoms with Gasteiger partial charge >= 0.3 is 0 Å². The van der Waals surface area contributed by atoms with E-state index in [0.29, 0.717) is 18.7 Å². The van der Waals surface area contributed by atoms with Crippen LogP contribution >= 0.6 is 23.2 Å². The number of hydrogen-bond donors (Lipinski definition) is 14. The van der Waals surface area contributed by atoms with Crippen LogP contribution in [-0.2, 0) is 40.0 Å². The van der Waals surface area contributed by atoms with Gasteiger partial charge in [-0.25, -0.2) is 0 Å². The minimum atomic E-state index is -2.13. The highest BCUT2D eigenvalue weighted by atomic mass is 35.5. The fraction of sp³-hybridized carbons (Fsp3) is 0.269. The number of aromatic hydroxyl groups is 6. The fourth-order valence-electron chi connectivity index (χ4n) is 11.6. The Labute approximate surface area is 557 Å². The molecular weight excluding hydrogens is 1290 g/mol. The van der Waals surface area contributed by atoms with Crippen molar-refractivity contribution in [2.45, 2.75) is 61.2 Å². The van der Waals surface area contributed by atoms with Gasteiger partial charge in [0.25, 0.3) is 0 Å². The van der Waals surface area contributed by atoms with E-state index in [0.717, 1.165) is 62.0 Å². The lowest BCUT2D eigenvalue weighted by molar-refractivity contribution is -0.140. The van der Waals surface area contributed by atoms with Crippen molar-refractivity contribution in [1.29, 1.82) is 0 Å². The zero-order valence-corrected chi connectivity index (χ0v) is 52.8. The molecule has 96 heavy (non-hydrogen) atoms. The molecule has 7 amide bonds. The minimum Gasteiger partial charge on any atom is -0.508 e. The number of nitrogens with one attached hydrogen (secondary N) is 6. The van der Waals surface area contributed by atoms with Gasteiger partial charge in [-0.2, -0.15) is 0 Å². The summed E-state index contributed by atoms with van der Waals surface area (Å²) in [5.74, 6) is -12.3. The molecule has 13 rings (SSSR count). The molecule has 7 aromatic carbocycles. The third-order valence-corrected chi connectivity index (χ3v) is 17.2. The van der Waals surface area contributed by atoms with Crippen LogP contribution in [0.5, 0.6) is 69.0 Å². The Morgan fingerprint density at radius 1 is 0.573 bits per heavy atom. The van der Waals surface area contributed by atoms with E-state index in [-0.39, 0.29) is 91.7 Å². The van der Waals surface area contributed by atoms with Crippen LogP contribution in [0.3, 0.4) is 0 Å². The number of piperazine rings is 1. The number of nitrogens with two attached hydrogens (primary N) is 1. The van der Waals surface area contributed by atoms with E-state index in [1.807, 2.05) is 14.1 Å². The molecule has 0 radical (unpaired) electrons. The Morgan fingerprint density at radius 2 is 1.14 bits per heavy atom. The highest BCUT2D eigenvalue weighted by molar-refractivity contribution is 6.32. The minimum absolute atomic E-state index is 0.0868. The SMILES string of the molecule is CN(C)CCCN1CCN(C(=O)C(NC(=O)C2NC(=O)C(c3ccc(O)cc3)NC(=O)C3NC(=O)C4NC(=O)C(Cc5ccc(c(Cl)c5)Oc5cc3cc(c5O)Oc3ccc(cc3Cl)C2O)NC(=O)C(N)c2ccc(O)c(c2)Oc2cc(O)cc4c2)c2cc(O)cc(O)c2)CC1. The lowest BCUT2D eigenvalue weighted by Gasteiger charge is -2.37. The molecule has 500 valence electrons. The molecule has 29 heteroatoms. The van der Waals surface area contributed by atoms with Crippen molar-refractivity contribution in [1.82, 2.24) is 46.6 Å². The summed E-state index contributed by atoms with van der Waals surface area (Å²) < 4.78 is 18.6. The number of nitrogens with zero attached hydrogens (tertiary/aromatic N) is 3. The summed E-state index contributed by atoms with van der Waals surface area (Å²) in [5.41, 5.74) is 6.10. The third-order valence-electron chi connectivity index (χ3n) is 16.6. The zero-order chi connectivity index (χ0) is 68.4. The molecule has 13 bridgehead atoms. The van der Waals surface area contributed by atoms with Gasteiger partial charge in [-0.3, -0.25) is 38.5 Å². The Bertz CT molecular complexity index is 4190. The molecular formula is C67H66Cl2N10O17. The van der Waals surface area contributed by atoms with Crippen LogP contribution in [0.15, 0.2) is 127 Å². The molecule has 8 atom stereocenters. The van der Waals surface area contributed by atoms with Gasteiger partial charge in [0.05, 0.1) is 10.0 Å². The van der Waals surface area contributed by atoms with Crippen molar-refractivity contribution in [2.75, 3.05) is 53.4 Å². The summed E-state index contributed by atoms with van der Waals surface area (Å²) >= 11 is 13.9. The van der Waals surface area contributed by atoms with Crippen molar-refractivity contribution in [3.63, 3.8) is 0 Å². The van der Waals surface area contributed by atoms with Crippen molar-refractivity contribution in [3.8, 4) is 69.0 Å². The molecule has 0 aromatic heterocycles. The number of halogens is 2. The molecule has 27 nitrogen and oxygen atoms in total. The number of rotatable bonds is 9. The Balaban J connectivity index is 1.03. The van der Waals surface area contributed by atoms with Gasteiger partial charge in [0, 0.05) is 44.7 Å². The second kappa shape index (κ2) is 28.2. The van der Waals surface area contributed by atoms with Gasteiger partial charge < -0.3 is 97.4 Å². The number of phenols is 6. The van der Waals surface area contributed by atoms with Gasteiger partial charge in [0.1, 0.15) is 88.6 Å². The summed E-state index contributed by atoms with van der Waals surface area (Å²) in [6.45, 7) is 2.92. The van der Waals surface area contributed by atoms with E-state index >= 15 is 19.2 Å². The highest BCUT2D eigenvalue weighted by Gasteiger charge is 2.41. The normalized spacial score (nSPS) is 21.1. The molecule has 15 N–H and O–H groups in total. The van der Waals surface area contributed by atoms with Gasteiger partial charge in [0.15, 0.2) is 23.0 Å². The average Bonchev–Trinajstić information content (AvgIpc) is 0.796. The molecule has 6 heterocycles. The van der Waals surface area contributed by atoms with Gasteiger partial charge in [0.2, 0.25) is 47.1 Å². The summed E-state index contributed by atoms with van der Waals surface area (Å²) in [6, 6.07) is 12.6. The maximum absolute atomic E-state index is 15.8. The first kappa shape index (κ1) is 66.9. The first-order valence-corrected chi connectivity index (χ1v) is 31.0. The number of amides is 7. The van der Waals surface area contributed by atoms with E-state index in [4.69, 9.17) is 43.1 Å². The lowest BCUT2D eigenvalue weighted by atomic mass is 9.97. The van der Waals surface area contributed by atoms with Crippen LogP contribution in [0.4, 0.5) is 0 Å². The summed E-state index contributed by atoms with van der Waals surface area (Å²) in [7, 11) is 3.93. The molecule has 0 saturated carbocycles. The van der Waals surface area contributed by atoms with E-state index in [9.17, 15) is 50.1 Å². The molecule has 1 saturated heterocycles. The van der Waals surface area contributed by atoms with Gasteiger partial charge in [-0.1, -0.05) is 53.5 Å². The van der Waals surface area contributed by atoms with Crippen molar-refractivity contribution in [2.24, 2.45) is 5.73 Å². The molecule has 6 aliphatic heterocycles. The van der Waals surface area contributed by atoms with Crippen LogP contribution in [0.1, 0.15) is 81.7 Å². The molecule has 1 fully saturated rings. The predicted molar refractivity (Wildman–Crippen MR) is 345 cm³/mol. The van der Waals surface area contributed by atoms with E-state index < -0.39 is 130 Å². The second-order valence-electron chi connectivity index (χ2n) is 23.8. The summed E-state index contributed by atoms with van der Waals surface area (Å²) in [5, 5.41) is 94.2. The maximum Gasteiger partial charge on any atom is 0.249 e. The number of ether oxygens (including phenoxy) is 3.